The van der Waals surface area contributed by atoms with Crippen molar-refractivity contribution in [3.05, 3.63) is 97.2 Å². The van der Waals surface area contributed by atoms with E-state index in [0.717, 1.165) is 96.3 Å². The fraction of sp³-hybridized carbons (Fsp3) is 0.736. The second-order valence-corrected chi connectivity index (χ2v) is 22.0. The average molecular weight is 1090 g/mol. The Hall–Kier alpha value is -3.67. The summed E-state index contributed by atoms with van der Waals surface area (Å²) in [4.78, 5) is 38.2. The second kappa shape index (κ2) is 65.8. The lowest BCUT2D eigenvalue weighted by molar-refractivity contribution is -0.166. The van der Waals surface area contributed by atoms with Gasteiger partial charge in [-0.15, -0.1) is 0 Å². The Balaban J connectivity index is 4.15. The zero-order valence-corrected chi connectivity index (χ0v) is 51.4. The lowest BCUT2D eigenvalue weighted by Gasteiger charge is -2.18. The number of allylic oxidation sites excluding steroid dienone is 16. The number of carbonyl (C=O) groups excluding carboxylic acids is 3. The zero-order chi connectivity index (χ0) is 56.4. The molecule has 0 heterocycles. The Bertz CT molecular complexity index is 1530. The molecule has 0 aromatic rings. The minimum atomic E-state index is -0.813. The molecule has 0 aliphatic carbocycles. The van der Waals surface area contributed by atoms with Gasteiger partial charge >= 0.3 is 17.9 Å². The zero-order valence-electron chi connectivity index (χ0n) is 51.4. The number of hydrogen-bond acceptors (Lipinski definition) is 6. The van der Waals surface area contributed by atoms with E-state index in [1.54, 1.807) is 0 Å². The Labute approximate surface area is 483 Å². The molecule has 0 aliphatic rings. The molecular weight excluding hydrogens is 961 g/mol. The van der Waals surface area contributed by atoms with Crippen molar-refractivity contribution in [2.75, 3.05) is 13.2 Å². The molecule has 0 bridgehead atoms. The number of ether oxygens (including phenoxy) is 3. The quantitative estimate of drug-likeness (QED) is 0.0261. The van der Waals surface area contributed by atoms with Crippen molar-refractivity contribution in [3.8, 4) is 0 Å². The smallest absolute Gasteiger partial charge is 0.306 e. The van der Waals surface area contributed by atoms with Crippen molar-refractivity contribution in [1.82, 2.24) is 0 Å². The summed E-state index contributed by atoms with van der Waals surface area (Å²) in [6.45, 7) is 6.42. The predicted octanol–water partition coefficient (Wildman–Crippen LogP) is 22.8. The lowest BCUT2D eigenvalue weighted by Crippen LogP contribution is -2.30. The van der Waals surface area contributed by atoms with Crippen molar-refractivity contribution in [1.29, 1.82) is 0 Å². The van der Waals surface area contributed by atoms with Crippen LogP contribution in [0, 0.1) is 0 Å². The monoisotopic (exact) mass is 1080 g/mol. The van der Waals surface area contributed by atoms with Crippen LogP contribution >= 0.6 is 0 Å². The normalized spacial score (nSPS) is 12.7. The molecule has 448 valence electrons. The molecule has 78 heavy (non-hydrogen) atoms. The van der Waals surface area contributed by atoms with Crippen LogP contribution in [-0.4, -0.2) is 37.2 Å². The van der Waals surface area contributed by atoms with Crippen LogP contribution in [0.15, 0.2) is 97.2 Å². The lowest BCUT2D eigenvalue weighted by atomic mass is 10.0. The Morgan fingerprint density at radius 1 is 0.269 bits per heavy atom. The number of esters is 3. The van der Waals surface area contributed by atoms with Gasteiger partial charge < -0.3 is 14.2 Å². The number of carbonyl (C=O) groups is 3. The molecule has 0 N–H and O–H groups in total. The molecule has 0 aromatic heterocycles. The Kier molecular flexibility index (Phi) is 62.7. The van der Waals surface area contributed by atoms with Gasteiger partial charge in [-0.05, 0) is 103 Å². The first-order valence-electron chi connectivity index (χ1n) is 33.2. The van der Waals surface area contributed by atoms with Gasteiger partial charge in [0.15, 0.2) is 6.10 Å². The summed E-state index contributed by atoms with van der Waals surface area (Å²) in [5, 5.41) is 0. The fourth-order valence-corrected chi connectivity index (χ4v) is 9.33. The molecule has 0 saturated carbocycles. The maximum absolute atomic E-state index is 12.9. The highest BCUT2D eigenvalue weighted by atomic mass is 16.6. The molecule has 0 rings (SSSR count). The first kappa shape index (κ1) is 74.3. The van der Waals surface area contributed by atoms with Crippen LogP contribution < -0.4 is 0 Å². The van der Waals surface area contributed by atoms with E-state index in [2.05, 4.69) is 112 Å². The van der Waals surface area contributed by atoms with Crippen LogP contribution in [-0.2, 0) is 28.6 Å². The SMILES string of the molecule is CC/C=C\C/C=C\C/C=C\C/C=C\CCC(=O)OCC(COC(=O)CCCCCCCCCCCCCCCCCCCCCCC/C=C\C/C=C\CCCCCCC)OC(=O)CCCCCCC/C=C\C/C=C\CCCC. The molecule has 0 aliphatic heterocycles. The van der Waals surface area contributed by atoms with E-state index in [0.29, 0.717) is 19.3 Å². The molecule has 0 saturated heterocycles. The minimum absolute atomic E-state index is 0.103. The van der Waals surface area contributed by atoms with Gasteiger partial charge in [0.05, 0.1) is 0 Å². The molecule has 0 radical (unpaired) electrons. The molecule has 6 heteroatoms. The van der Waals surface area contributed by atoms with Gasteiger partial charge in [0, 0.05) is 19.3 Å². The number of unbranched alkanes of at least 4 members (excludes halogenated alkanes) is 33. The standard InChI is InChI=1S/C72H124O6/c1-4-7-10-13-16-19-22-25-27-28-29-30-31-32-33-34-35-36-37-38-39-40-41-42-43-44-45-48-50-53-56-59-62-65-71(74)77-68-69(67-76-70(73)64-61-58-55-52-49-46-24-21-18-15-12-9-6-3)78-72(75)66-63-60-57-54-51-47-26-23-20-17-14-11-8-5-2/h9,12,14,17-18,21-23,25-26,28-29,46,49,55,58,69H,4-8,10-11,13,15-16,19-20,24,27,30-45,47-48,50-54,56-57,59-68H2,1-3H3/b12-9-,17-14-,21-18-,25-22-,26-23-,29-28-,49-46-,58-55-. The summed E-state index contributed by atoms with van der Waals surface area (Å²) in [6, 6.07) is 0. The highest BCUT2D eigenvalue weighted by Gasteiger charge is 2.19. The summed E-state index contributed by atoms with van der Waals surface area (Å²) in [7, 11) is 0. The minimum Gasteiger partial charge on any atom is -0.462 e. The van der Waals surface area contributed by atoms with E-state index in [4.69, 9.17) is 14.2 Å². The van der Waals surface area contributed by atoms with Gasteiger partial charge in [-0.3, -0.25) is 14.4 Å². The number of rotatable bonds is 60. The average Bonchev–Trinajstić information content (AvgIpc) is 3.44. The summed E-state index contributed by atoms with van der Waals surface area (Å²) < 4.78 is 16.8. The molecule has 0 aromatic carbocycles. The Morgan fingerprint density at radius 3 is 0.897 bits per heavy atom. The van der Waals surface area contributed by atoms with Crippen molar-refractivity contribution in [2.24, 2.45) is 0 Å². The van der Waals surface area contributed by atoms with E-state index < -0.39 is 6.10 Å². The van der Waals surface area contributed by atoms with Gasteiger partial charge in [-0.1, -0.05) is 298 Å². The highest BCUT2D eigenvalue weighted by molar-refractivity contribution is 5.71. The van der Waals surface area contributed by atoms with Crippen LogP contribution in [0.5, 0.6) is 0 Å². The largest absolute Gasteiger partial charge is 0.462 e. The summed E-state index contributed by atoms with van der Waals surface area (Å²) in [6.07, 6.45) is 88.9. The molecule has 1 atom stereocenters. The van der Waals surface area contributed by atoms with Gasteiger partial charge in [0.25, 0.3) is 0 Å². The molecule has 0 fully saturated rings. The third-order valence-electron chi connectivity index (χ3n) is 14.3. The van der Waals surface area contributed by atoms with Gasteiger partial charge in [0.1, 0.15) is 13.2 Å². The molecule has 6 nitrogen and oxygen atoms in total. The predicted molar refractivity (Wildman–Crippen MR) is 339 cm³/mol. The topological polar surface area (TPSA) is 78.9 Å². The van der Waals surface area contributed by atoms with Gasteiger partial charge in [-0.25, -0.2) is 0 Å². The maximum Gasteiger partial charge on any atom is 0.306 e. The fourth-order valence-electron chi connectivity index (χ4n) is 9.33. The third-order valence-corrected chi connectivity index (χ3v) is 14.3. The Morgan fingerprint density at radius 2 is 0.538 bits per heavy atom. The van der Waals surface area contributed by atoms with Crippen LogP contribution in [0.1, 0.15) is 323 Å². The molecule has 0 amide bonds. The highest BCUT2D eigenvalue weighted by Crippen LogP contribution is 2.17. The first-order chi connectivity index (χ1) is 38.5. The van der Waals surface area contributed by atoms with Gasteiger partial charge in [0.2, 0.25) is 0 Å². The van der Waals surface area contributed by atoms with E-state index in [1.165, 1.54) is 180 Å². The van der Waals surface area contributed by atoms with E-state index >= 15 is 0 Å². The van der Waals surface area contributed by atoms with Crippen molar-refractivity contribution in [3.63, 3.8) is 0 Å². The van der Waals surface area contributed by atoms with Crippen molar-refractivity contribution in [2.45, 2.75) is 329 Å². The molecule has 0 spiro atoms. The third kappa shape index (κ3) is 63.2. The van der Waals surface area contributed by atoms with E-state index in [-0.39, 0.29) is 37.5 Å². The summed E-state index contributed by atoms with van der Waals surface area (Å²) in [5.74, 6) is -0.994. The number of hydrogen-bond donors (Lipinski definition) is 0. The van der Waals surface area contributed by atoms with Gasteiger partial charge in [-0.2, -0.15) is 0 Å². The van der Waals surface area contributed by atoms with Crippen molar-refractivity contribution < 1.29 is 28.6 Å². The molecule has 1 unspecified atom stereocenters. The summed E-state index contributed by atoms with van der Waals surface area (Å²) in [5.41, 5.74) is 0. The first-order valence-corrected chi connectivity index (χ1v) is 33.2. The van der Waals surface area contributed by atoms with Crippen molar-refractivity contribution >= 4 is 17.9 Å². The van der Waals surface area contributed by atoms with E-state index in [1.807, 2.05) is 6.08 Å². The summed E-state index contributed by atoms with van der Waals surface area (Å²) >= 11 is 0. The van der Waals surface area contributed by atoms with Crippen LogP contribution in [0.25, 0.3) is 0 Å². The maximum atomic E-state index is 12.9. The van der Waals surface area contributed by atoms with Crippen LogP contribution in [0.4, 0.5) is 0 Å². The second-order valence-electron chi connectivity index (χ2n) is 22.0. The molecular formula is C72H124O6. The van der Waals surface area contributed by atoms with Crippen LogP contribution in [0.2, 0.25) is 0 Å². The van der Waals surface area contributed by atoms with E-state index in [9.17, 15) is 14.4 Å². The van der Waals surface area contributed by atoms with Crippen LogP contribution in [0.3, 0.4) is 0 Å².